The molecule has 6 rings (SSSR count). The zero-order valence-corrected chi connectivity index (χ0v) is 18.8. The summed E-state index contributed by atoms with van der Waals surface area (Å²) in [4.78, 5) is 41.0. The molecule has 6 nitrogen and oxygen atoms in total. The average Bonchev–Trinajstić information content (AvgIpc) is 3.30. The minimum absolute atomic E-state index is 0.0109. The molecule has 1 aromatic heterocycles. The molecule has 2 N–H and O–H groups in total. The fourth-order valence-corrected chi connectivity index (χ4v) is 7.13. The number of hydrogen-bond acceptors (Lipinski definition) is 5. The lowest BCUT2D eigenvalue weighted by atomic mass is 9.53. The molecule has 4 aliphatic rings. The Morgan fingerprint density at radius 1 is 1.00 bits per heavy atom. The zero-order valence-electron chi connectivity index (χ0n) is 18.0. The van der Waals surface area contributed by atoms with E-state index in [0.717, 1.165) is 37.0 Å². The van der Waals surface area contributed by atoms with Crippen LogP contribution in [0.3, 0.4) is 0 Å². The number of esters is 1. The lowest BCUT2D eigenvalue weighted by Gasteiger charge is -2.56. The number of benzene rings is 1. The smallest absolute Gasteiger partial charge is 0.339 e. The Balaban J connectivity index is 1.17. The first kappa shape index (κ1) is 21.3. The lowest BCUT2D eigenvalue weighted by Crippen LogP contribution is -2.60. The van der Waals surface area contributed by atoms with Crippen molar-refractivity contribution in [1.29, 1.82) is 0 Å². The van der Waals surface area contributed by atoms with Gasteiger partial charge in [0.2, 0.25) is 11.7 Å². The largest absolute Gasteiger partial charge is 0.454 e. The first-order valence-electron chi connectivity index (χ1n) is 11.4. The van der Waals surface area contributed by atoms with E-state index < -0.39 is 5.97 Å². The van der Waals surface area contributed by atoms with E-state index in [1.54, 1.807) is 30.5 Å². The van der Waals surface area contributed by atoms with Crippen LogP contribution in [0, 0.1) is 17.8 Å². The van der Waals surface area contributed by atoms with Gasteiger partial charge in [0.05, 0.1) is 17.0 Å². The number of ketones is 1. The summed E-state index contributed by atoms with van der Waals surface area (Å²) < 4.78 is 5.23. The maximum atomic E-state index is 12.8. The molecule has 0 spiro atoms. The summed E-state index contributed by atoms with van der Waals surface area (Å²) in [6.45, 7) is -0.329. The van der Waals surface area contributed by atoms with Gasteiger partial charge in [-0.2, -0.15) is 0 Å². The number of Topliss-reactive ketones (excluding diaryl/α,β-unsaturated/α-hetero) is 1. The Hall–Kier alpha value is -2.54. The van der Waals surface area contributed by atoms with Gasteiger partial charge in [-0.1, -0.05) is 12.1 Å². The molecule has 1 aromatic carbocycles. The molecule has 2 aromatic rings. The second-order valence-corrected chi connectivity index (χ2v) is 10.6. The molecule has 0 saturated heterocycles. The van der Waals surface area contributed by atoms with Gasteiger partial charge >= 0.3 is 5.97 Å². The third-order valence-electron chi connectivity index (χ3n) is 7.14. The van der Waals surface area contributed by atoms with E-state index >= 15 is 0 Å². The van der Waals surface area contributed by atoms with E-state index in [4.69, 9.17) is 4.74 Å². The van der Waals surface area contributed by atoms with E-state index in [-0.39, 0.29) is 29.6 Å². The average molecular weight is 453 g/mol. The number of thioether (sulfide) groups is 1. The van der Waals surface area contributed by atoms with Gasteiger partial charge in [0.1, 0.15) is 0 Å². The first-order chi connectivity index (χ1) is 15.5. The van der Waals surface area contributed by atoms with Crippen molar-refractivity contribution in [1.82, 2.24) is 10.3 Å². The van der Waals surface area contributed by atoms with Crippen LogP contribution in [-0.2, 0) is 9.53 Å². The summed E-state index contributed by atoms with van der Waals surface area (Å²) in [6.07, 6.45) is 9.02. The Labute approximate surface area is 191 Å². The second kappa shape index (κ2) is 8.77. The van der Waals surface area contributed by atoms with E-state index in [1.165, 1.54) is 31.0 Å². The van der Waals surface area contributed by atoms with Crippen molar-refractivity contribution in [3.05, 3.63) is 53.9 Å². The fourth-order valence-electron chi connectivity index (χ4n) is 6.29. The van der Waals surface area contributed by atoms with E-state index in [1.807, 2.05) is 12.1 Å². The second-order valence-electron chi connectivity index (χ2n) is 9.61. The summed E-state index contributed by atoms with van der Waals surface area (Å²) in [5, 5.41) is 3.38. The molecule has 32 heavy (non-hydrogen) atoms. The number of aromatic amines is 1. The van der Waals surface area contributed by atoms with Crippen molar-refractivity contribution in [2.75, 3.05) is 12.4 Å². The highest BCUT2D eigenvalue weighted by atomic mass is 32.2. The van der Waals surface area contributed by atoms with Crippen LogP contribution in [0.15, 0.2) is 47.5 Å². The van der Waals surface area contributed by atoms with Gasteiger partial charge < -0.3 is 15.0 Å². The molecule has 4 bridgehead atoms. The molecule has 0 aliphatic heterocycles. The number of carbonyl (C=O) groups excluding carboxylic acids is 3. The van der Waals surface area contributed by atoms with Crippen LogP contribution in [-0.4, -0.2) is 40.5 Å². The molecule has 1 amide bonds. The monoisotopic (exact) mass is 452 g/mol. The third kappa shape index (κ3) is 4.49. The highest BCUT2D eigenvalue weighted by Gasteiger charge is 2.51. The van der Waals surface area contributed by atoms with Crippen LogP contribution in [0.25, 0.3) is 0 Å². The Kier molecular flexibility index (Phi) is 5.84. The zero-order chi connectivity index (χ0) is 22.1. The van der Waals surface area contributed by atoms with Crippen molar-refractivity contribution < 1.29 is 19.1 Å². The van der Waals surface area contributed by atoms with Crippen molar-refractivity contribution >= 4 is 29.4 Å². The van der Waals surface area contributed by atoms with Gasteiger partial charge in [-0.05, 0) is 80.5 Å². The minimum atomic E-state index is -0.561. The van der Waals surface area contributed by atoms with Gasteiger partial charge in [0, 0.05) is 16.6 Å². The van der Waals surface area contributed by atoms with E-state index in [0.29, 0.717) is 16.2 Å². The third-order valence-corrected chi connectivity index (χ3v) is 8.21. The summed E-state index contributed by atoms with van der Waals surface area (Å²) in [7, 11) is 0. The van der Waals surface area contributed by atoms with Crippen molar-refractivity contribution in [3.8, 4) is 0 Å². The van der Waals surface area contributed by atoms with Crippen LogP contribution in [0.5, 0.6) is 0 Å². The van der Waals surface area contributed by atoms with Gasteiger partial charge in [-0.3, -0.25) is 9.59 Å². The van der Waals surface area contributed by atoms with Crippen LogP contribution in [0.2, 0.25) is 0 Å². The van der Waals surface area contributed by atoms with Crippen LogP contribution in [0.4, 0.5) is 0 Å². The maximum Gasteiger partial charge on any atom is 0.339 e. The summed E-state index contributed by atoms with van der Waals surface area (Å²) in [5.74, 6) is 1.77. The number of ether oxygens (including phenoxy) is 1. The molecule has 1 heterocycles. The predicted octanol–water partition coefficient (Wildman–Crippen LogP) is 4.23. The van der Waals surface area contributed by atoms with E-state index in [2.05, 4.69) is 10.3 Å². The topological polar surface area (TPSA) is 88.3 Å². The van der Waals surface area contributed by atoms with Crippen LogP contribution >= 0.6 is 11.8 Å². The normalized spacial score (nSPS) is 27.8. The molecule has 0 radical (unpaired) electrons. The summed E-state index contributed by atoms with van der Waals surface area (Å²) >= 11 is 1.34. The number of amides is 1. The lowest BCUT2D eigenvalue weighted by molar-refractivity contribution is -0.124. The molecule has 0 atom stereocenters. The maximum absolute atomic E-state index is 12.8. The van der Waals surface area contributed by atoms with Gasteiger partial charge in [-0.25, -0.2) is 4.79 Å². The highest BCUT2D eigenvalue weighted by molar-refractivity contribution is 8.00. The van der Waals surface area contributed by atoms with Gasteiger partial charge in [0.15, 0.2) is 6.61 Å². The Bertz CT molecular complexity index is 981. The highest BCUT2D eigenvalue weighted by Crippen LogP contribution is 2.55. The number of aromatic nitrogens is 1. The first-order valence-corrected chi connectivity index (χ1v) is 12.3. The summed E-state index contributed by atoms with van der Waals surface area (Å²) in [5.41, 5.74) is 0.768. The van der Waals surface area contributed by atoms with Gasteiger partial charge in [-0.15, -0.1) is 11.8 Å². The Morgan fingerprint density at radius 2 is 1.69 bits per heavy atom. The molecule has 168 valence electrons. The Morgan fingerprint density at radius 3 is 2.34 bits per heavy atom. The number of nitrogens with one attached hydrogen (secondary N) is 2. The molecule has 4 aliphatic carbocycles. The van der Waals surface area contributed by atoms with E-state index in [9.17, 15) is 14.4 Å². The molecule has 0 unspecified atom stereocenters. The van der Waals surface area contributed by atoms with Crippen molar-refractivity contribution in [3.63, 3.8) is 0 Å². The fraction of sp³-hybridized carbons (Fsp3) is 0.480. The quantitative estimate of drug-likeness (QED) is 0.355. The molecular weight excluding hydrogens is 424 g/mol. The van der Waals surface area contributed by atoms with Crippen molar-refractivity contribution in [2.24, 2.45) is 17.8 Å². The van der Waals surface area contributed by atoms with Crippen LogP contribution in [0.1, 0.15) is 59.4 Å². The minimum Gasteiger partial charge on any atom is -0.454 e. The SMILES string of the molecule is O=C(CSc1ccccc1C(=O)OCC(=O)c1ccc[nH]1)NC12CC3CC(CC(C3)C1)C2. The van der Waals surface area contributed by atoms with Gasteiger partial charge in [0.25, 0.3) is 0 Å². The number of rotatable bonds is 8. The van der Waals surface area contributed by atoms with Crippen molar-refractivity contribution in [2.45, 2.75) is 49.0 Å². The molecule has 4 fully saturated rings. The standard InChI is InChI=1S/C25H28N2O4S/c28-21(20-5-3-7-26-20)14-31-24(30)19-4-1-2-6-22(19)32-15-23(29)27-25-11-16-8-17(12-25)10-18(9-16)13-25/h1-7,16-18,26H,8-15H2,(H,27,29). The number of hydrogen-bond donors (Lipinski definition) is 2. The molecule has 7 heteroatoms. The summed E-state index contributed by atoms with van der Waals surface area (Å²) in [6, 6.07) is 10.4. The van der Waals surface area contributed by atoms with Crippen LogP contribution < -0.4 is 5.32 Å². The predicted molar refractivity (Wildman–Crippen MR) is 122 cm³/mol. The molecular formula is C25H28N2O4S. The molecule has 4 saturated carbocycles. The number of H-pyrrole nitrogens is 1. The number of carbonyl (C=O) groups is 3.